The molecule has 9 heteroatoms. The Bertz CT molecular complexity index is 1050. The second-order valence-electron chi connectivity index (χ2n) is 6.12. The summed E-state index contributed by atoms with van der Waals surface area (Å²) in [7, 11) is 1.58. The third-order valence-electron chi connectivity index (χ3n) is 4.52. The highest BCUT2D eigenvalue weighted by molar-refractivity contribution is 7.17. The van der Waals surface area contributed by atoms with E-state index in [4.69, 9.17) is 0 Å². The van der Waals surface area contributed by atoms with E-state index in [0.717, 1.165) is 30.4 Å². The lowest BCUT2D eigenvalue weighted by Crippen LogP contribution is -2.37. The number of thiophene rings is 1. The Morgan fingerprint density at radius 1 is 1.38 bits per heavy atom. The Morgan fingerprint density at radius 3 is 2.88 bits per heavy atom. The SMILES string of the molecule is Cn1c(=O)c2sccc2n2c(=O)n(CC(=O)NC3CCCC3)nc12. The van der Waals surface area contributed by atoms with Crippen LogP contribution in [0.2, 0.25) is 0 Å². The first-order valence-corrected chi connectivity index (χ1v) is 8.79. The highest BCUT2D eigenvalue weighted by Crippen LogP contribution is 2.18. The average molecular weight is 347 g/mol. The standard InChI is InChI=1S/C15H17N5O3S/c1-18-13(22)12-10(6-7-24-12)20-14(18)17-19(15(20)23)8-11(21)16-9-4-2-3-5-9/h6-7,9H,2-5,8H2,1H3,(H,16,21). The molecule has 0 spiro atoms. The van der Waals surface area contributed by atoms with Gasteiger partial charge in [0.15, 0.2) is 0 Å². The molecule has 24 heavy (non-hydrogen) atoms. The van der Waals surface area contributed by atoms with E-state index in [1.807, 2.05) is 0 Å². The van der Waals surface area contributed by atoms with Crippen LogP contribution in [-0.4, -0.2) is 30.7 Å². The molecule has 3 aromatic heterocycles. The molecule has 8 nitrogen and oxygen atoms in total. The molecule has 0 atom stereocenters. The van der Waals surface area contributed by atoms with Gasteiger partial charge < -0.3 is 5.32 Å². The van der Waals surface area contributed by atoms with Gasteiger partial charge in [-0.1, -0.05) is 12.8 Å². The van der Waals surface area contributed by atoms with Gasteiger partial charge in [0.25, 0.3) is 5.56 Å². The van der Waals surface area contributed by atoms with E-state index in [0.29, 0.717) is 10.2 Å². The van der Waals surface area contributed by atoms with Gasteiger partial charge in [0.2, 0.25) is 11.7 Å². The van der Waals surface area contributed by atoms with E-state index in [-0.39, 0.29) is 29.8 Å². The van der Waals surface area contributed by atoms with Crippen molar-refractivity contribution in [2.75, 3.05) is 0 Å². The summed E-state index contributed by atoms with van der Waals surface area (Å²) < 4.78 is 4.35. The fourth-order valence-corrected chi connectivity index (χ4v) is 4.14. The summed E-state index contributed by atoms with van der Waals surface area (Å²) in [5.41, 5.74) is -0.0730. The van der Waals surface area contributed by atoms with Crippen molar-refractivity contribution < 1.29 is 4.79 Å². The van der Waals surface area contributed by atoms with E-state index >= 15 is 0 Å². The number of carbonyl (C=O) groups excluding carboxylic acids is 1. The molecule has 0 saturated heterocycles. The lowest BCUT2D eigenvalue weighted by atomic mass is 10.2. The van der Waals surface area contributed by atoms with E-state index in [9.17, 15) is 14.4 Å². The maximum absolute atomic E-state index is 12.6. The zero-order valence-electron chi connectivity index (χ0n) is 13.2. The Hall–Kier alpha value is -2.42. The number of aromatic nitrogens is 4. The van der Waals surface area contributed by atoms with Crippen molar-refractivity contribution in [3.8, 4) is 0 Å². The normalized spacial score (nSPS) is 15.5. The lowest BCUT2D eigenvalue weighted by molar-refractivity contribution is -0.122. The first-order chi connectivity index (χ1) is 11.6. The molecule has 0 radical (unpaired) electrons. The second-order valence-corrected chi connectivity index (χ2v) is 7.04. The largest absolute Gasteiger partial charge is 0.352 e. The number of amides is 1. The van der Waals surface area contributed by atoms with Crippen LogP contribution in [0.15, 0.2) is 21.0 Å². The third-order valence-corrected chi connectivity index (χ3v) is 5.41. The molecular formula is C15H17N5O3S. The zero-order valence-corrected chi connectivity index (χ0v) is 14.0. The topological polar surface area (TPSA) is 90.4 Å². The quantitative estimate of drug-likeness (QED) is 0.746. The van der Waals surface area contributed by atoms with Crippen molar-refractivity contribution in [1.82, 2.24) is 24.1 Å². The fourth-order valence-electron chi connectivity index (χ4n) is 3.29. The van der Waals surface area contributed by atoms with Crippen LogP contribution in [0, 0.1) is 0 Å². The van der Waals surface area contributed by atoms with Crippen LogP contribution in [0.3, 0.4) is 0 Å². The molecule has 1 fully saturated rings. The molecule has 0 unspecified atom stereocenters. The minimum atomic E-state index is -0.412. The number of carbonyl (C=O) groups is 1. The number of aryl methyl sites for hydroxylation is 1. The minimum absolute atomic E-state index is 0.142. The highest BCUT2D eigenvalue weighted by Gasteiger charge is 2.20. The smallest absolute Gasteiger partial charge is 0.352 e. The highest BCUT2D eigenvalue weighted by atomic mass is 32.1. The van der Waals surface area contributed by atoms with Crippen molar-refractivity contribution in [3.05, 3.63) is 32.3 Å². The molecule has 0 aromatic carbocycles. The summed E-state index contributed by atoms with van der Waals surface area (Å²) in [5.74, 6) is 0.0172. The van der Waals surface area contributed by atoms with Gasteiger partial charge in [0, 0.05) is 13.1 Å². The van der Waals surface area contributed by atoms with Gasteiger partial charge in [-0.2, -0.15) is 0 Å². The van der Waals surface area contributed by atoms with Crippen LogP contribution in [0.1, 0.15) is 25.7 Å². The summed E-state index contributed by atoms with van der Waals surface area (Å²) in [6, 6.07) is 1.92. The fraction of sp³-hybridized carbons (Fsp3) is 0.467. The maximum Gasteiger partial charge on any atom is 0.352 e. The zero-order chi connectivity index (χ0) is 16.8. The molecule has 1 N–H and O–H groups in total. The predicted octanol–water partition coefficient (Wildman–Crippen LogP) is 0.468. The molecule has 1 aliphatic carbocycles. The van der Waals surface area contributed by atoms with E-state index in [2.05, 4.69) is 10.4 Å². The second kappa shape index (κ2) is 5.59. The van der Waals surface area contributed by atoms with Gasteiger partial charge >= 0.3 is 5.69 Å². The molecule has 0 aliphatic heterocycles. The van der Waals surface area contributed by atoms with Gasteiger partial charge in [0.05, 0.1) is 5.52 Å². The third kappa shape index (κ3) is 2.27. The Balaban J connectivity index is 1.75. The van der Waals surface area contributed by atoms with Crippen molar-refractivity contribution in [2.45, 2.75) is 38.3 Å². The van der Waals surface area contributed by atoms with Crippen LogP contribution < -0.4 is 16.6 Å². The number of fused-ring (bicyclic) bond motifs is 3. The Labute approximate surface area is 140 Å². The van der Waals surface area contributed by atoms with Gasteiger partial charge in [-0.05, 0) is 24.3 Å². The number of rotatable bonds is 3. The molecule has 1 amide bonds. The summed E-state index contributed by atoms with van der Waals surface area (Å²) >= 11 is 1.29. The number of nitrogens with one attached hydrogen (secondary N) is 1. The molecule has 3 heterocycles. The average Bonchev–Trinajstić information content (AvgIpc) is 3.26. The molecule has 1 saturated carbocycles. The van der Waals surface area contributed by atoms with E-state index in [1.165, 1.54) is 20.3 Å². The molecule has 4 rings (SSSR count). The van der Waals surface area contributed by atoms with Crippen molar-refractivity contribution in [3.63, 3.8) is 0 Å². The molecular weight excluding hydrogens is 330 g/mol. The van der Waals surface area contributed by atoms with Crippen LogP contribution in [0.5, 0.6) is 0 Å². The summed E-state index contributed by atoms with van der Waals surface area (Å²) in [4.78, 5) is 37.1. The summed E-state index contributed by atoms with van der Waals surface area (Å²) in [6.07, 6.45) is 4.21. The van der Waals surface area contributed by atoms with Gasteiger partial charge in [0.1, 0.15) is 11.2 Å². The van der Waals surface area contributed by atoms with Crippen LogP contribution >= 0.6 is 11.3 Å². The molecule has 1 aliphatic rings. The van der Waals surface area contributed by atoms with Crippen molar-refractivity contribution >= 4 is 33.2 Å². The number of hydrogen-bond acceptors (Lipinski definition) is 5. The van der Waals surface area contributed by atoms with Crippen molar-refractivity contribution in [2.24, 2.45) is 7.05 Å². The molecule has 0 bridgehead atoms. The Morgan fingerprint density at radius 2 is 2.12 bits per heavy atom. The first-order valence-electron chi connectivity index (χ1n) is 7.91. The van der Waals surface area contributed by atoms with Gasteiger partial charge in [-0.15, -0.1) is 16.4 Å². The summed E-state index contributed by atoms with van der Waals surface area (Å²) in [5, 5.41) is 8.90. The predicted molar refractivity (Wildman–Crippen MR) is 90.5 cm³/mol. The van der Waals surface area contributed by atoms with Gasteiger partial charge in [-0.3, -0.25) is 14.2 Å². The number of hydrogen-bond donors (Lipinski definition) is 1. The minimum Gasteiger partial charge on any atom is -0.352 e. The maximum atomic E-state index is 12.6. The molecule has 3 aromatic rings. The molecule has 126 valence electrons. The van der Waals surface area contributed by atoms with Crippen LogP contribution in [-0.2, 0) is 18.4 Å². The van der Waals surface area contributed by atoms with E-state index < -0.39 is 5.69 Å². The number of nitrogens with zero attached hydrogens (tertiary/aromatic N) is 4. The monoisotopic (exact) mass is 347 g/mol. The van der Waals surface area contributed by atoms with E-state index in [1.54, 1.807) is 18.5 Å². The summed E-state index contributed by atoms with van der Waals surface area (Å²) in [6.45, 7) is -0.142. The van der Waals surface area contributed by atoms with Crippen LogP contribution in [0.25, 0.3) is 16.0 Å². The van der Waals surface area contributed by atoms with Crippen molar-refractivity contribution in [1.29, 1.82) is 0 Å². The Kier molecular flexibility index (Phi) is 3.52. The van der Waals surface area contributed by atoms with Gasteiger partial charge in [-0.25, -0.2) is 13.9 Å². The lowest BCUT2D eigenvalue weighted by Gasteiger charge is -2.10. The van der Waals surface area contributed by atoms with Crippen LogP contribution in [0.4, 0.5) is 0 Å². The first kappa shape index (κ1) is 15.1.